The molecular weight excluding hydrogens is 371 g/mol. The fourth-order valence-corrected chi connectivity index (χ4v) is 3.37. The van der Waals surface area contributed by atoms with Crippen molar-refractivity contribution < 1.29 is 9.18 Å². The minimum absolute atomic E-state index is 0.124. The second-order valence-corrected chi connectivity index (χ2v) is 7.04. The zero-order chi connectivity index (χ0) is 18.5. The van der Waals surface area contributed by atoms with Gasteiger partial charge in [-0.2, -0.15) is 0 Å². The van der Waals surface area contributed by atoms with E-state index >= 15 is 0 Å². The molecule has 0 radical (unpaired) electrons. The van der Waals surface area contributed by atoms with Crippen molar-refractivity contribution in [2.75, 3.05) is 7.05 Å². The summed E-state index contributed by atoms with van der Waals surface area (Å²) < 4.78 is 13.0. The van der Waals surface area contributed by atoms with Gasteiger partial charge in [0.25, 0.3) is 0 Å². The van der Waals surface area contributed by atoms with Crippen molar-refractivity contribution in [3.63, 3.8) is 0 Å². The molecule has 0 bridgehead atoms. The zero-order valence-corrected chi connectivity index (χ0v) is 15.6. The summed E-state index contributed by atoms with van der Waals surface area (Å²) >= 11 is 7.41. The van der Waals surface area contributed by atoms with Crippen LogP contribution in [-0.4, -0.2) is 22.8 Å². The Morgan fingerprint density at radius 1 is 1.27 bits per heavy atom. The maximum absolute atomic E-state index is 13.0. The summed E-state index contributed by atoms with van der Waals surface area (Å²) in [6, 6.07) is 13.6. The summed E-state index contributed by atoms with van der Waals surface area (Å²) in [5, 5.41) is 3.29. The summed E-state index contributed by atoms with van der Waals surface area (Å²) in [5.41, 5.74) is 2.51. The summed E-state index contributed by atoms with van der Waals surface area (Å²) in [6.07, 6.45) is 3.17. The Bertz CT molecular complexity index is 937. The number of nitrogens with zero attached hydrogens (tertiary/aromatic N) is 2. The van der Waals surface area contributed by atoms with Crippen molar-refractivity contribution >= 4 is 34.9 Å². The lowest BCUT2D eigenvalue weighted by Crippen LogP contribution is -2.24. The van der Waals surface area contributed by atoms with Crippen LogP contribution in [0.1, 0.15) is 11.3 Å². The Balaban J connectivity index is 1.64. The van der Waals surface area contributed by atoms with E-state index in [1.165, 1.54) is 29.5 Å². The van der Waals surface area contributed by atoms with E-state index in [4.69, 9.17) is 11.6 Å². The normalized spacial score (nSPS) is 11.0. The van der Waals surface area contributed by atoms with Crippen molar-refractivity contribution in [2.45, 2.75) is 6.54 Å². The van der Waals surface area contributed by atoms with Gasteiger partial charge in [0.2, 0.25) is 5.91 Å². The first-order chi connectivity index (χ1) is 12.5. The van der Waals surface area contributed by atoms with Crippen molar-refractivity contribution in [3.05, 3.63) is 82.1 Å². The summed E-state index contributed by atoms with van der Waals surface area (Å²) in [7, 11) is 1.73. The van der Waals surface area contributed by atoms with Gasteiger partial charge in [0.15, 0.2) is 0 Å². The highest BCUT2D eigenvalue weighted by Crippen LogP contribution is 2.24. The van der Waals surface area contributed by atoms with Gasteiger partial charge in [-0.15, -0.1) is 11.3 Å². The molecule has 1 amide bonds. The van der Waals surface area contributed by atoms with Crippen molar-refractivity contribution in [1.29, 1.82) is 0 Å². The van der Waals surface area contributed by atoms with Crippen LogP contribution >= 0.6 is 22.9 Å². The van der Waals surface area contributed by atoms with Gasteiger partial charge >= 0.3 is 0 Å². The number of benzene rings is 2. The number of aromatic nitrogens is 1. The molecule has 0 atom stereocenters. The van der Waals surface area contributed by atoms with Crippen molar-refractivity contribution in [3.8, 4) is 10.6 Å². The SMILES string of the molecule is CN(Cc1cccc(Cl)c1)C(=O)/C=C/c1csc(-c2ccc(F)cc2)n1. The molecule has 0 unspecified atom stereocenters. The van der Waals surface area contributed by atoms with Crippen LogP contribution in [0.3, 0.4) is 0 Å². The third-order valence-corrected chi connectivity index (χ3v) is 4.84. The van der Waals surface area contributed by atoms with Crippen LogP contribution in [-0.2, 0) is 11.3 Å². The van der Waals surface area contributed by atoms with Gasteiger partial charge in [0, 0.05) is 35.6 Å². The van der Waals surface area contributed by atoms with E-state index in [1.807, 2.05) is 23.6 Å². The molecule has 0 saturated heterocycles. The van der Waals surface area contributed by atoms with Crippen LogP contribution < -0.4 is 0 Å². The number of carbonyl (C=O) groups excluding carboxylic acids is 1. The number of thiazole rings is 1. The topological polar surface area (TPSA) is 33.2 Å². The van der Waals surface area contributed by atoms with Gasteiger partial charge in [-0.25, -0.2) is 9.37 Å². The largest absolute Gasteiger partial charge is 0.338 e. The maximum Gasteiger partial charge on any atom is 0.246 e. The molecule has 0 fully saturated rings. The molecule has 1 heterocycles. The molecule has 0 saturated carbocycles. The molecule has 2 aromatic carbocycles. The highest BCUT2D eigenvalue weighted by Gasteiger charge is 2.07. The zero-order valence-electron chi connectivity index (χ0n) is 14.0. The Kier molecular flexibility index (Phi) is 5.81. The number of hydrogen-bond acceptors (Lipinski definition) is 3. The highest BCUT2D eigenvalue weighted by atomic mass is 35.5. The van der Waals surface area contributed by atoms with Crippen LogP contribution in [0.15, 0.2) is 60.0 Å². The molecule has 132 valence electrons. The predicted octanol–water partition coefficient (Wildman–Crippen LogP) is 5.27. The second-order valence-electron chi connectivity index (χ2n) is 5.74. The number of carbonyl (C=O) groups is 1. The molecular formula is C20H16ClFN2OS. The van der Waals surface area contributed by atoms with E-state index in [0.29, 0.717) is 17.3 Å². The first kappa shape index (κ1) is 18.3. The Morgan fingerprint density at radius 3 is 2.77 bits per heavy atom. The van der Waals surface area contributed by atoms with Gasteiger partial charge in [-0.05, 0) is 48.0 Å². The third kappa shape index (κ3) is 4.77. The standard InChI is InChI=1S/C20H16ClFN2OS/c1-24(12-14-3-2-4-16(21)11-14)19(25)10-9-18-13-26-20(23-18)15-5-7-17(22)8-6-15/h2-11,13H,12H2,1H3/b10-9+. The Labute approximate surface area is 160 Å². The predicted molar refractivity (Wildman–Crippen MR) is 104 cm³/mol. The van der Waals surface area contributed by atoms with Crippen LogP contribution in [0, 0.1) is 5.82 Å². The average molecular weight is 387 g/mol. The molecule has 6 heteroatoms. The van der Waals surface area contributed by atoms with Gasteiger partial charge < -0.3 is 4.90 Å². The lowest BCUT2D eigenvalue weighted by Gasteiger charge is -2.15. The Hall–Kier alpha value is -2.50. The van der Waals surface area contributed by atoms with Gasteiger partial charge in [-0.3, -0.25) is 4.79 Å². The van der Waals surface area contributed by atoms with Gasteiger partial charge in [0.1, 0.15) is 10.8 Å². The first-order valence-corrected chi connectivity index (χ1v) is 9.16. The van der Waals surface area contributed by atoms with E-state index in [1.54, 1.807) is 36.2 Å². The van der Waals surface area contributed by atoms with Crippen LogP contribution in [0.25, 0.3) is 16.6 Å². The monoisotopic (exact) mass is 386 g/mol. The van der Waals surface area contributed by atoms with E-state index in [2.05, 4.69) is 4.98 Å². The fourth-order valence-electron chi connectivity index (χ4n) is 2.36. The van der Waals surface area contributed by atoms with Gasteiger partial charge in [-0.1, -0.05) is 23.7 Å². The van der Waals surface area contributed by atoms with Gasteiger partial charge in [0.05, 0.1) is 5.69 Å². The average Bonchev–Trinajstić information content (AvgIpc) is 3.09. The summed E-state index contributed by atoms with van der Waals surface area (Å²) in [4.78, 5) is 18.3. The summed E-state index contributed by atoms with van der Waals surface area (Å²) in [5.74, 6) is -0.403. The molecule has 0 aliphatic rings. The van der Waals surface area contributed by atoms with E-state index < -0.39 is 0 Å². The van der Waals surface area contributed by atoms with E-state index in [9.17, 15) is 9.18 Å². The molecule has 3 aromatic rings. The lowest BCUT2D eigenvalue weighted by atomic mass is 10.2. The highest BCUT2D eigenvalue weighted by molar-refractivity contribution is 7.13. The number of likely N-dealkylation sites (N-methyl/N-ethyl adjacent to an activating group) is 1. The quantitative estimate of drug-likeness (QED) is 0.559. The van der Waals surface area contributed by atoms with E-state index in [0.717, 1.165) is 16.1 Å². The minimum Gasteiger partial charge on any atom is -0.338 e. The lowest BCUT2D eigenvalue weighted by molar-refractivity contribution is -0.125. The molecule has 0 aliphatic heterocycles. The molecule has 26 heavy (non-hydrogen) atoms. The van der Waals surface area contributed by atoms with Crippen LogP contribution in [0.4, 0.5) is 4.39 Å². The Morgan fingerprint density at radius 2 is 2.04 bits per heavy atom. The van der Waals surface area contributed by atoms with E-state index in [-0.39, 0.29) is 11.7 Å². The second kappa shape index (κ2) is 8.25. The molecule has 0 spiro atoms. The number of halogens is 2. The van der Waals surface area contributed by atoms with Crippen molar-refractivity contribution in [2.24, 2.45) is 0 Å². The van der Waals surface area contributed by atoms with Crippen LogP contribution in [0.5, 0.6) is 0 Å². The maximum atomic E-state index is 13.0. The smallest absolute Gasteiger partial charge is 0.246 e. The van der Waals surface area contributed by atoms with Crippen molar-refractivity contribution in [1.82, 2.24) is 9.88 Å². The molecule has 3 nitrogen and oxygen atoms in total. The molecule has 3 rings (SSSR count). The fraction of sp³-hybridized carbons (Fsp3) is 0.100. The minimum atomic E-state index is -0.279. The number of hydrogen-bond donors (Lipinski definition) is 0. The molecule has 1 aromatic heterocycles. The third-order valence-electron chi connectivity index (χ3n) is 3.69. The number of amides is 1. The summed E-state index contributed by atoms with van der Waals surface area (Å²) in [6.45, 7) is 0.474. The first-order valence-electron chi connectivity index (χ1n) is 7.90. The molecule has 0 aliphatic carbocycles. The molecule has 0 N–H and O–H groups in total. The number of rotatable bonds is 5. The van der Waals surface area contributed by atoms with Crippen LogP contribution in [0.2, 0.25) is 5.02 Å².